The number of rotatable bonds is 2. The smallest absolute Gasteiger partial charge is 0.363 e. The number of piperidine rings is 1. The number of hydrogen-bond donors (Lipinski definition) is 1. The molecule has 2 atom stereocenters. The molecule has 1 fully saturated rings. The van der Waals surface area contributed by atoms with Gasteiger partial charge in [-0.3, -0.25) is 4.79 Å². The van der Waals surface area contributed by atoms with Crippen LogP contribution in [-0.2, 0) is 0 Å². The molecule has 1 amide bonds. The average Bonchev–Trinajstić information content (AvgIpc) is 3.11. The number of aromatic nitrogens is 2. The van der Waals surface area contributed by atoms with Crippen molar-refractivity contribution in [3.8, 4) is 0 Å². The van der Waals surface area contributed by atoms with Crippen molar-refractivity contribution in [3.63, 3.8) is 0 Å². The predicted octanol–water partition coefficient (Wildman–Crippen LogP) is 5.18. The summed E-state index contributed by atoms with van der Waals surface area (Å²) in [6.07, 6.45) is -2.85. The number of hydrogen-bond acceptors (Lipinski definition) is 3. The molecule has 2 aromatic rings. The fraction of sp³-hybridized carbons (Fsp3) is 0.500. The van der Waals surface area contributed by atoms with Crippen LogP contribution in [0.3, 0.4) is 0 Å². The van der Waals surface area contributed by atoms with Gasteiger partial charge in [0.05, 0.1) is 6.04 Å². The van der Waals surface area contributed by atoms with Crippen LogP contribution in [0.15, 0.2) is 34.8 Å². The van der Waals surface area contributed by atoms with Gasteiger partial charge in [-0.15, -0.1) is 0 Å². The molecule has 156 valence electrons. The SMILES string of the molecule is CC1CCN(C(=O)c2cc3n(n2)[C@H](C(F)(F)F)C[C@H](c2ccc(Br)cc2)N3)CC1. The zero-order chi connectivity index (χ0) is 20.8. The van der Waals surface area contributed by atoms with E-state index in [-0.39, 0.29) is 23.8 Å². The highest BCUT2D eigenvalue weighted by Gasteiger charge is 2.47. The van der Waals surface area contributed by atoms with Crippen LogP contribution in [0.4, 0.5) is 19.0 Å². The van der Waals surface area contributed by atoms with Gasteiger partial charge in [0.15, 0.2) is 11.7 Å². The van der Waals surface area contributed by atoms with Gasteiger partial charge in [0.2, 0.25) is 0 Å². The van der Waals surface area contributed by atoms with E-state index in [0.717, 1.165) is 27.6 Å². The van der Waals surface area contributed by atoms with Gasteiger partial charge in [-0.25, -0.2) is 4.68 Å². The van der Waals surface area contributed by atoms with Gasteiger partial charge in [-0.2, -0.15) is 18.3 Å². The zero-order valence-corrected chi connectivity index (χ0v) is 17.5. The Balaban J connectivity index is 1.63. The number of nitrogens with zero attached hydrogens (tertiary/aromatic N) is 3. The Labute approximate surface area is 175 Å². The lowest BCUT2D eigenvalue weighted by atomic mass is 9.97. The molecule has 1 N–H and O–H groups in total. The van der Waals surface area contributed by atoms with E-state index in [1.165, 1.54) is 6.07 Å². The molecule has 0 radical (unpaired) electrons. The quantitative estimate of drug-likeness (QED) is 0.657. The van der Waals surface area contributed by atoms with Crippen molar-refractivity contribution >= 4 is 27.7 Å². The number of carbonyl (C=O) groups is 1. The number of amides is 1. The lowest BCUT2D eigenvalue weighted by molar-refractivity contribution is -0.173. The molecular formula is C20H22BrF3N4O. The highest BCUT2D eigenvalue weighted by Crippen LogP contribution is 2.43. The van der Waals surface area contributed by atoms with Crippen molar-refractivity contribution in [3.05, 3.63) is 46.1 Å². The van der Waals surface area contributed by atoms with E-state index in [4.69, 9.17) is 0 Å². The van der Waals surface area contributed by atoms with E-state index in [1.54, 1.807) is 29.2 Å². The molecule has 29 heavy (non-hydrogen) atoms. The Bertz CT molecular complexity index is 888. The summed E-state index contributed by atoms with van der Waals surface area (Å²) in [4.78, 5) is 14.5. The lowest BCUT2D eigenvalue weighted by Gasteiger charge is -2.33. The maximum absolute atomic E-state index is 13.8. The second-order valence-corrected chi connectivity index (χ2v) is 8.79. The topological polar surface area (TPSA) is 50.2 Å². The van der Waals surface area contributed by atoms with Crippen molar-refractivity contribution in [2.24, 2.45) is 5.92 Å². The Hall–Kier alpha value is -2.03. The number of benzene rings is 1. The van der Waals surface area contributed by atoms with Gasteiger partial charge in [0.25, 0.3) is 5.91 Å². The number of likely N-dealkylation sites (tertiary alicyclic amines) is 1. The molecule has 2 aliphatic rings. The van der Waals surface area contributed by atoms with E-state index in [1.807, 2.05) is 0 Å². The highest BCUT2D eigenvalue weighted by atomic mass is 79.9. The number of carbonyl (C=O) groups excluding carboxylic acids is 1. The van der Waals surface area contributed by atoms with Crippen LogP contribution in [0.5, 0.6) is 0 Å². The summed E-state index contributed by atoms with van der Waals surface area (Å²) in [6, 6.07) is 6.34. The molecule has 9 heteroatoms. The Kier molecular flexibility index (Phi) is 5.35. The van der Waals surface area contributed by atoms with Crippen LogP contribution >= 0.6 is 15.9 Å². The predicted molar refractivity (Wildman–Crippen MR) is 107 cm³/mol. The first-order chi connectivity index (χ1) is 13.7. The molecule has 0 saturated carbocycles. The number of anilines is 1. The van der Waals surface area contributed by atoms with E-state index in [2.05, 4.69) is 33.3 Å². The first-order valence-electron chi connectivity index (χ1n) is 9.70. The fourth-order valence-electron chi connectivity index (χ4n) is 3.97. The Morgan fingerprint density at radius 3 is 2.48 bits per heavy atom. The third-order valence-electron chi connectivity index (χ3n) is 5.75. The lowest BCUT2D eigenvalue weighted by Crippen LogP contribution is -2.38. The van der Waals surface area contributed by atoms with Gasteiger partial charge >= 0.3 is 6.18 Å². The first kappa shape index (κ1) is 20.3. The third kappa shape index (κ3) is 4.15. The molecular weight excluding hydrogens is 449 g/mol. The highest BCUT2D eigenvalue weighted by molar-refractivity contribution is 9.10. The van der Waals surface area contributed by atoms with E-state index >= 15 is 0 Å². The molecule has 3 heterocycles. The zero-order valence-electron chi connectivity index (χ0n) is 15.9. The second kappa shape index (κ2) is 7.66. The van der Waals surface area contributed by atoms with Gasteiger partial charge in [-0.05, 0) is 36.5 Å². The van der Waals surface area contributed by atoms with Crippen LogP contribution in [0.1, 0.15) is 54.3 Å². The van der Waals surface area contributed by atoms with Crippen LogP contribution in [-0.4, -0.2) is 39.9 Å². The van der Waals surface area contributed by atoms with Gasteiger partial charge in [0, 0.05) is 30.0 Å². The maximum Gasteiger partial charge on any atom is 0.410 e. The summed E-state index contributed by atoms with van der Waals surface area (Å²) >= 11 is 3.34. The van der Waals surface area contributed by atoms with E-state index in [9.17, 15) is 18.0 Å². The van der Waals surface area contributed by atoms with Crippen molar-refractivity contribution < 1.29 is 18.0 Å². The van der Waals surface area contributed by atoms with Crippen molar-refractivity contribution in [1.29, 1.82) is 0 Å². The average molecular weight is 471 g/mol. The normalized spacial score (nSPS) is 22.9. The maximum atomic E-state index is 13.8. The summed E-state index contributed by atoms with van der Waals surface area (Å²) in [5, 5.41) is 7.20. The molecule has 5 nitrogen and oxygen atoms in total. The number of halogens is 4. The number of alkyl halides is 3. The monoisotopic (exact) mass is 470 g/mol. The number of nitrogens with one attached hydrogen (secondary N) is 1. The minimum absolute atomic E-state index is 0.0627. The van der Waals surface area contributed by atoms with Crippen molar-refractivity contribution in [2.45, 2.75) is 44.4 Å². The largest absolute Gasteiger partial charge is 0.410 e. The van der Waals surface area contributed by atoms with Crippen LogP contribution in [0.2, 0.25) is 0 Å². The summed E-state index contributed by atoms with van der Waals surface area (Å²) < 4.78 is 43.2. The number of fused-ring (bicyclic) bond motifs is 1. The van der Waals surface area contributed by atoms with Crippen molar-refractivity contribution in [1.82, 2.24) is 14.7 Å². The standard InChI is InChI=1S/C20H22BrF3N4O/c1-12-6-8-27(9-7-12)19(29)16-11-18-25-15(13-2-4-14(21)5-3-13)10-17(20(22,23)24)28(18)26-16/h2-5,11-12,15,17,25H,6-10H2,1H3/t15-,17+/m1/s1. The van der Waals surface area contributed by atoms with Gasteiger partial charge in [0.1, 0.15) is 5.82 Å². The minimum Gasteiger partial charge on any atom is -0.363 e. The summed E-state index contributed by atoms with van der Waals surface area (Å²) in [6.45, 7) is 3.36. The van der Waals surface area contributed by atoms with Crippen molar-refractivity contribution in [2.75, 3.05) is 18.4 Å². The summed E-state index contributed by atoms with van der Waals surface area (Å²) in [7, 11) is 0. The van der Waals surface area contributed by atoms with Crippen LogP contribution in [0, 0.1) is 5.92 Å². The summed E-state index contributed by atoms with van der Waals surface area (Å²) in [5.74, 6) is 0.471. The van der Waals surface area contributed by atoms with Gasteiger partial charge < -0.3 is 10.2 Å². The first-order valence-corrected chi connectivity index (χ1v) is 10.5. The van der Waals surface area contributed by atoms with Crippen LogP contribution < -0.4 is 5.32 Å². The van der Waals surface area contributed by atoms with Crippen LogP contribution in [0.25, 0.3) is 0 Å². The molecule has 1 aromatic heterocycles. The second-order valence-electron chi connectivity index (χ2n) is 7.88. The molecule has 0 bridgehead atoms. The molecule has 2 aliphatic heterocycles. The minimum atomic E-state index is -4.46. The Morgan fingerprint density at radius 2 is 1.86 bits per heavy atom. The molecule has 1 saturated heterocycles. The van der Waals surface area contributed by atoms with E-state index in [0.29, 0.717) is 19.0 Å². The third-order valence-corrected chi connectivity index (χ3v) is 6.28. The molecule has 0 spiro atoms. The molecule has 4 rings (SSSR count). The molecule has 0 aliphatic carbocycles. The molecule has 1 aromatic carbocycles. The Morgan fingerprint density at radius 1 is 1.21 bits per heavy atom. The van der Waals surface area contributed by atoms with Gasteiger partial charge in [-0.1, -0.05) is 35.0 Å². The summed E-state index contributed by atoms with van der Waals surface area (Å²) in [5.41, 5.74) is 0.820. The van der Waals surface area contributed by atoms with E-state index < -0.39 is 18.3 Å². The molecule has 0 unspecified atom stereocenters. The fourth-order valence-corrected chi connectivity index (χ4v) is 4.23.